The molecule has 1 aromatic rings. The van der Waals surface area contributed by atoms with Gasteiger partial charge in [0, 0.05) is 6.92 Å². The number of hydrogen-bond donors (Lipinski definition) is 4. The fraction of sp³-hybridized carbons (Fsp3) is 0.533. The molecule has 0 aromatic heterocycles. The highest BCUT2D eigenvalue weighted by Gasteiger charge is 2.45. The zero-order chi connectivity index (χ0) is 16.1. The largest absolute Gasteiger partial charge is 0.394 e. The van der Waals surface area contributed by atoms with E-state index in [9.17, 15) is 20.1 Å². The minimum absolute atomic E-state index is 0.198. The first-order chi connectivity index (χ1) is 10.5. The molecule has 0 radical (unpaired) electrons. The van der Waals surface area contributed by atoms with Gasteiger partial charge < -0.3 is 30.1 Å². The maximum Gasteiger partial charge on any atom is 0.217 e. The minimum Gasteiger partial charge on any atom is -0.394 e. The first kappa shape index (κ1) is 16.9. The lowest BCUT2D eigenvalue weighted by Gasteiger charge is -2.42. The van der Waals surface area contributed by atoms with Crippen molar-refractivity contribution in [3.8, 4) is 0 Å². The van der Waals surface area contributed by atoms with E-state index in [0.29, 0.717) is 0 Å². The summed E-state index contributed by atoms with van der Waals surface area (Å²) in [6.45, 7) is 1.03. The monoisotopic (exact) mass is 311 g/mol. The number of ether oxygens (including phenoxy) is 2. The van der Waals surface area contributed by atoms with Crippen LogP contribution in [0.4, 0.5) is 0 Å². The summed E-state index contributed by atoms with van der Waals surface area (Å²) in [6, 6.07) is 8.39. The van der Waals surface area contributed by atoms with Gasteiger partial charge in [-0.05, 0) is 5.56 Å². The van der Waals surface area contributed by atoms with E-state index in [-0.39, 0.29) is 12.5 Å². The number of aliphatic hydroxyl groups excluding tert-OH is 3. The van der Waals surface area contributed by atoms with Crippen molar-refractivity contribution in [3.63, 3.8) is 0 Å². The molecule has 1 saturated heterocycles. The molecule has 0 unspecified atom stereocenters. The van der Waals surface area contributed by atoms with Crippen LogP contribution in [0.1, 0.15) is 12.5 Å². The first-order valence-electron chi connectivity index (χ1n) is 7.08. The smallest absolute Gasteiger partial charge is 0.217 e. The molecule has 5 atom stereocenters. The van der Waals surface area contributed by atoms with Crippen LogP contribution in [-0.4, -0.2) is 58.5 Å². The van der Waals surface area contributed by atoms with E-state index < -0.39 is 37.3 Å². The van der Waals surface area contributed by atoms with Crippen LogP contribution in [0.5, 0.6) is 0 Å². The van der Waals surface area contributed by atoms with Crippen LogP contribution >= 0.6 is 0 Å². The molecule has 7 heteroatoms. The topological polar surface area (TPSA) is 108 Å². The van der Waals surface area contributed by atoms with Crippen molar-refractivity contribution in [3.05, 3.63) is 35.9 Å². The van der Waals surface area contributed by atoms with Gasteiger partial charge in [0.2, 0.25) is 5.91 Å². The molecule has 122 valence electrons. The third-order valence-corrected chi connectivity index (χ3v) is 3.53. The summed E-state index contributed by atoms with van der Waals surface area (Å²) < 4.78 is 10.8. The number of carbonyl (C=O) groups excluding carboxylic acids is 1. The van der Waals surface area contributed by atoms with Crippen molar-refractivity contribution in [1.29, 1.82) is 0 Å². The molecule has 0 saturated carbocycles. The van der Waals surface area contributed by atoms with Gasteiger partial charge in [-0.2, -0.15) is 0 Å². The molecule has 2 rings (SSSR count). The molecule has 0 spiro atoms. The second kappa shape index (κ2) is 7.66. The van der Waals surface area contributed by atoms with Crippen LogP contribution in [0.3, 0.4) is 0 Å². The molecule has 22 heavy (non-hydrogen) atoms. The van der Waals surface area contributed by atoms with E-state index in [4.69, 9.17) is 9.47 Å². The molecule has 1 heterocycles. The Morgan fingerprint density at radius 3 is 2.59 bits per heavy atom. The average molecular weight is 311 g/mol. The predicted octanol–water partition coefficient (Wildman–Crippen LogP) is -0.853. The maximum absolute atomic E-state index is 11.3. The first-order valence-corrected chi connectivity index (χ1v) is 7.08. The number of amides is 1. The maximum atomic E-state index is 11.3. The van der Waals surface area contributed by atoms with Crippen molar-refractivity contribution < 1.29 is 29.6 Å². The van der Waals surface area contributed by atoms with Gasteiger partial charge in [-0.25, -0.2) is 0 Å². The summed E-state index contributed by atoms with van der Waals surface area (Å²) in [5, 5.41) is 31.9. The second-order valence-electron chi connectivity index (χ2n) is 5.23. The standard InChI is InChI=1S/C15H21NO6/c1-9(18)16-12-14(13(19)11(7-17)22-15(12)20)21-8-10-5-3-2-4-6-10/h2-6,11-15,17,19-20H,7-8H2,1H3,(H,16,18)/t11-,12+,13+,14-,15-/m1/s1. The van der Waals surface area contributed by atoms with Crippen LogP contribution in [0.25, 0.3) is 0 Å². The SMILES string of the molecule is CC(=O)N[C@H]1[C@@H](OCc2ccccc2)[C@@H](O)[C@@H](CO)O[C@H]1O. The Morgan fingerprint density at radius 2 is 2.00 bits per heavy atom. The quantitative estimate of drug-likeness (QED) is 0.564. The molecular formula is C15H21NO6. The van der Waals surface area contributed by atoms with Gasteiger partial charge in [0.1, 0.15) is 24.4 Å². The summed E-state index contributed by atoms with van der Waals surface area (Å²) >= 11 is 0. The summed E-state index contributed by atoms with van der Waals surface area (Å²) in [4.78, 5) is 11.3. The summed E-state index contributed by atoms with van der Waals surface area (Å²) in [6.07, 6.45) is -4.41. The third-order valence-electron chi connectivity index (χ3n) is 3.53. The van der Waals surface area contributed by atoms with Gasteiger partial charge >= 0.3 is 0 Å². The van der Waals surface area contributed by atoms with E-state index in [1.54, 1.807) is 0 Å². The number of carbonyl (C=O) groups is 1. The molecule has 1 aliphatic heterocycles. The number of benzene rings is 1. The van der Waals surface area contributed by atoms with Crippen molar-refractivity contribution in [2.75, 3.05) is 6.61 Å². The number of hydrogen-bond acceptors (Lipinski definition) is 6. The highest BCUT2D eigenvalue weighted by molar-refractivity contribution is 5.73. The Bertz CT molecular complexity index is 482. The van der Waals surface area contributed by atoms with Gasteiger partial charge in [-0.15, -0.1) is 0 Å². The van der Waals surface area contributed by atoms with E-state index in [0.717, 1.165) is 5.56 Å². The Balaban J connectivity index is 2.10. The Kier molecular flexibility index (Phi) is 5.87. The molecule has 7 nitrogen and oxygen atoms in total. The lowest BCUT2D eigenvalue weighted by molar-refractivity contribution is -0.263. The number of rotatable bonds is 5. The number of nitrogens with one attached hydrogen (secondary N) is 1. The van der Waals surface area contributed by atoms with Crippen LogP contribution in [-0.2, 0) is 20.9 Å². The Labute approximate surface area is 128 Å². The normalized spacial score (nSPS) is 31.7. The average Bonchev–Trinajstić information content (AvgIpc) is 2.50. The highest BCUT2D eigenvalue weighted by atomic mass is 16.6. The van der Waals surface area contributed by atoms with Gasteiger partial charge in [-0.1, -0.05) is 30.3 Å². The van der Waals surface area contributed by atoms with Crippen LogP contribution < -0.4 is 5.32 Å². The van der Waals surface area contributed by atoms with Crippen LogP contribution in [0.2, 0.25) is 0 Å². The molecular weight excluding hydrogens is 290 g/mol. The lowest BCUT2D eigenvalue weighted by atomic mass is 9.96. The van der Waals surface area contributed by atoms with E-state index >= 15 is 0 Å². The van der Waals surface area contributed by atoms with E-state index in [1.165, 1.54) is 6.92 Å². The van der Waals surface area contributed by atoms with Gasteiger partial charge in [-0.3, -0.25) is 4.79 Å². The van der Waals surface area contributed by atoms with E-state index in [2.05, 4.69) is 5.32 Å². The fourth-order valence-electron chi connectivity index (χ4n) is 2.44. The van der Waals surface area contributed by atoms with Crippen molar-refractivity contribution in [2.45, 2.75) is 44.2 Å². The molecule has 1 aromatic carbocycles. The Morgan fingerprint density at radius 1 is 1.32 bits per heavy atom. The third kappa shape index (κ3) is 4.02. The van der Waals surface area contributed by atoms with Crippen LogP contribution in [0.15, 0.2) is 30.3 Å². The molecule has 1 fully saturated rings. The summed E-state index contributed by atoms with van der Waals surface area (Å²) in [5.74, 6) is -0.379. The predicted molar refractivity (Wildman–Crippen MR) is 76.6 cm³/mol. The molecule has 1 amide bonds. The summed E-state index contributed by atoms with van der Waals surface area (Å²) in [5.41, 5.74) is 0.887. The number of aliphatic hydroxyl groups is 3. The molecule has 0 aliphatic carbocycles. The van der Waals surface area contributed by atoms with Gasteiger partial charge in [0.15, 0.2) is 6.29 Å². The van der Waals surface area contributed by atoms with Crippen molar-refractivity contribution in [1.82, 2.24) is 5.32 Å². The molecule has 4 N–H and O–H groups in total. The van der Waals surface area contributed by atoms with Crippen LogP contribution in [0, 0.1) is 0 Å². The van der Waals surface area contributed by atoms with Crippen molar-refractivity contribution >= 4 is 5.91 Å². The fourth-order valence-corrected chi connectivity index (χ4v) is 2.44. The van der Waals surface area contributed by atoms with Gasteiger partial charge in [0.05, 0.1) is 13.2 Å². The zero-order valence-corrected chi connectivity index (χ0v) is 12.3. The zero-order valence-electron chi connectivity index (χ0n) is 12.3. The van der Waals surface area contributed by atoms with Gasteiger partial charge in [0.25, 0.3) is 0 Å². The van der Waals surface area contributed by atoms with Crippen molar-refractivity contribution in [2.24, 2.45) is 0 Å². The lowest BCUT2D eigenvalue weighted by Crippen LogP contribution is -2.64. The Hall–Kier alpha value is -1.51. The molecule has 1 aliphatic rings. The second-order valence-corrected chi connectivity index (χ2v) is 5.23. The molecule has 0 bridgehead atoms. The highest BCUT2D eigenvalue weighted by Crippen LogP contribution is 2.23. The summed E-state index contributed by atoms with van der Waals surface area (Å²) in [7, 11) is 0. The minimum atomic E-state index is -1.37. The van der Waals surface area contributed by atoms with E-state index in [1.807, 2.05) is 30.3 Å².